The Kier molecular flexibility index (Phi) is 4.08. The van der Waals surface area contributed by atoms with Gasteiger partial charge in [0, 0.05) is 22.4 Å². The lowest BCUT2D eigenvalue weighted by atomic mass is 10.3. The minimum absolute atomic E-state index is 0.446. The zero-order valence-corrected chi connectivity index (χ0v) is 12.7. The first-order valence-electron chi connectivity index (χ1n) is 5.02. The maximum Gasteiger partial charge on any atom is 0.233 e. The first kappa shape index (κ1) is 13.2. The highest BCUT2D eigenvalue weighted by molar-refractivity contribution is 9.11. The summed E-state index contributed by atoms with van der Waals surface area (Å²) in [6, 6.07) is 7.03. The Balaban J connectivity index is 2.36. The maximum absolute atomic E-state index is 5.72. The van der Waals surface area contributed by atoms with E-state index in [2.05, 4.69) is 36.8 Å². The van der Waals surface area contributed by atoms with Crippen molar-refractivity contribution in [2.24, 2.45) is 0 Å². The minimum Gasteiger partial charge on any atom is -0.493 e. The summed E-state index contributed by atoms with van der Waals surface area (Å²) in [5.41, 5.74) is 6.32. The number of halogens is 2. The summed E-state index contributed by atoms with van der Waals surface area (Å²) < 4.78 is 12.5. The van der Waals surface area contributed by atoms with E-state index in [1.807, 2.05) is 6.07 Å². The van der Waals surface area contributed by atoms with Crippen molar-refractivity contribution in [2.45, 2.75) is 0 Å². The topological polar surface area (TPSA) is 57.4 Å². The van der Waals surface area contributed by atoms with Crippen LogP contribution in [0, 0.1) is 0 Å². The third-order valence-electron chi connectivity index (χ3n) is 2.17. The third-order valence-corrected chi connectivity index (χ3v) is 3.17. The number of nitrogens with zero attached hydrogens (tertiary/aromatic N) is 1. The quantitative estimate of drug-likeness (QED) is 0.826. The highest BCUT2D eigenvalue weighted by Crippen LogP contribution is 2.35. The summed E-state index contributed by atoms with van der Waals surface area (Å²) in [6.07, 6.45) is 1.65. The van der Waals surface area contributed by atoms with Crippen molar-refractivity contribution in [2.75, 3.05) is 12.8 Å². The van der Waals surface area contributed by atoms with Crippen molar-refractivity contribution in [1.82, 2.24) is 4.98 Å². The number of nitrogens with two attached hydrogens (primary N) is 1. The highest BCUT2D eigenvalue weighted by atomic mass is 79.9. The molecule has 0 atom stereocenters. The Hall–Kier alpha value is -1.27. The number of methoxy groups -OCH3 is 1. The Bertz CT molecular complexity index is 576. The van der Waals surface area contributed by atoms with E-state index in [1.54, 1.807) is 31.5 Å². The van der Waals surface area contributed by atoms with Crippen molar-refractivity contribution >= 4 is 37.5 Å². The maximum atomic E-state index is 5.72. The molecule has 4 nitrogen and oxygen atoms in total. The van der Waals surface area contributed by atoms with Crippen LogP contribution in [0.2, 0.25) is 0 Å². The van der Waals surface area contributed by atoms with Gasteiger partial charge >= 0.3 is 0 Å². The fraction of sp³-hybridized carbons (Fsp3) is 0.0833. The second kappa shape index (κ2) is 5.58. The molecule has 1 heterocycles. The molecule has 18 heavy (non-hydrogen) atoms. The number of ether oxygens (including phenoxy) is 2. The molecule has 2 aromatic rings. The lowest BCUT2D eigenvalue weighted by Crippen LogP contribution is -1.94. The van der Waals surface area contributed by atoms with Gasteiger partial charge < -0.3 is 15.2 Å². The van der Waals surface area contributed by atoms with Gasteiger partial charge in [-0.1, -0.05) is 0 Å². The van der Waals surface area contributed by atoms with Crippen molar-refractivity contribution in [3.8, 4) is 17.4 Å². The van der Waals surface area contributed by atoms with Gasteiger partial charge in [-0.2, -0.15) is 0 Å². The molecule has 0 aliphatic rings. The van der Waals surface area contributed by atoms with Crippen LogP contribution in [0.4, 0.5) is 5.69 Å². The zero-order chi connectivity index (χ0) is 13.1. The molecule has 1 aromatic carbocycles. The average molecular weight is 374 g/mol. The van der Waals surface area contributed by atoms with Gasteiger partial charge in [0.25, 0.3) is 0 Å². The van der Waals surface area contributed by atoms with Gasteiger partial charge in [-0.25, -0.2) is 4.98 Å². The van der Waals surface area contributed by atoms with Gasteiger partial charge in [0.05, 0.1) is 11.6 Å². The standard InChI is InChI=1S/C12H10Br2N2O2/c1-17-10-3-2-8(15)5-11(10)18-12-9(14)4-7(13)6-16-12/h2-6H,15H2,1H3. The summed E-state index contributed by atoms with van der Waals surface area (Å²) in [5, 5.41) is 0. The van der Waals surface area contributed by atoms with Crippen LogP contribution in [-0.4, -0.2) is 12.1 Å². The van der Waals surface area contributed by atoms with Crippen molar-refractivity contribution < 1.29 is 9.47 Å². The van der Waals surface area contributed by atoms with Crippen LogP contribution < -0.4 is 15.2 Å². The number of pyridine rings is 1. The molecule has 2 rings (SSSR count). The molecule has 1 aromatic heterocycles. The largest absolute Gasteiger partial charge is 0.493 e. The number of benzene rings is 1. The second-order valence-corrected chi connectivity index (χ2v) is 5.22. The van der Waals surface area contributed by atoms with Gasteiger partial charge in [0.15, 0.2) is 11.5 Å². The number of hydrogen-bond donors (Lipinski definition) is 1. The van der Waals surface area contributed by atoms with Crippen LogP contribution in [0.25, 0.3) is 0 Å². The normalized spacial score (nSPS) is 10.2. The highest BCUT2D eigenvalue weighted by Gasteiger charge is 2.10. The van der Waals surface area contributed by atoms with Gasteiger partial charge in [0.2, 0.25) is 5.88 Å². The Labute approximate surface area is 121 Å². The molecule has 0 amide bonds. The van der Waals surface area contributed by atoms with Crippen molar-refractivity contribution in [1.29, 1.82) is 0 Å². The number of hydrogen-bond acceptors (Lipinski definition) is 4. The van der Waals surface area contributed by atoms with Gasteiger partial charge in [-0.05, 0) is 50.1 Å². The summed E-state index contributed by atoms with van der Waals surface area (Å²) in [6.45, 7) is 0. The summed E-state index contributed by atoms with van der Waals surface area (Å²) in [7, 11) is 1.57. The number of anilines is 1. The molecular formula is C12H10Br2N2O2. The molecule has 0 spiro atoms. The van der Waals surface area contributed by atoms with E-state index in [-0.39, 0.29) is 0 Å². The predicted octanol–water partition coefficient (Wildman–Crippen LogP) is 3.99. The van der Waals surface area contributed by atoms with E-state index in [0.717, 1.165) is 8.95 Å². The lowest BCUT2D eigenvalue weighted by Gasteiger charge is -2.11. The monoisotopic (exact) mass is 372 g/mol. The van der Waals surface area contributed by atoms with Crippen LogP contribution in [-0.2, 0) is 0 Å². The fourth-order valence-electron chi connectivity index (χ4n) is 1.35. The smallest absolute Gasteiger partial charge is 0.233 e. The van der Waals surface area contributed by atoms with E-state index < -0.39 is 0 Å². The van der Waals surface area contributed by atoms with E-state index in [0.29, 0.717) is 23.1 Å². The number of nitrogen functional groups attached to an aromatic ring is 1. The van der Waals surface area contributed by atoms with Crippen LogP contribution in [0.3, 0.4) is 0 Å². The SMILES string of the molecule is COc1ccc(N)cc1Oc1ncc(Br)cc1Br. The Morgan fingerprint density at radius 3 is 2.61 bits per heavy atom. The molecule has 0 unspecified atom stereocenters. The number of rotatable bonds is 3. The van der Waals surface area contributed by atoms with Gasteiger partial charge in [-0.3, -0.25) is 0 Å². The third kappa shape index (κ3) is 2.94. The van der Waals surface area contributed by atoms with Crippen LogP contribution >= 0.6 is 31.9 Å². The minimum atomic E-state index is 0.446. The molecular weight excluding hydrogens is 364 g/mol. The first-order chi connectivity index (χ1) is 8.60. The molecule has 0 bridgehead atoms. The van der Waals surface area contributed by atoms with Crippen molar-refractivity contribution in [3.05, 3.63) is 39.4 Å². The number of aromatic nitrogens is 1. The molecule has 0 radical (unpaired) electrons. The van der Waals surface area contributed by atoms with Crippen LogP contribution in [0.15, 0.2) is 39.4 Å². The zero-order valence-electron chi connectivity index (χ0n) is 9.48. The second-order valence-electron chi connectivity index (χ2n) is 3.45. The fourth-order valence-corrected chi connectivity index (χ4v) is 2.42. The Morgan fingerprint density at radius 2 is 1.94 bits per heavy atom. The molecule has 6 heteroatoms. The van der Waals surface area contributed by atoms with Crippen LogP contribution in [0.5, 0.6) is 17.4 Å². The molecule has 2 N–H and O–H groups in total. The van der Waals surface area contributed by atoms with Gasteiger partial charge in [0.1, 0.15) is 0 Å². The van der Waals surface area contributed by atoms with E-state index >= 15 is 0 Å². The Morgan fingerprint density at radius 1 is 1.17 bits per heavy atom. The van der Waals surface area contributed by atoms with Crippen molar-refractivity contribution in [3.63, 3.8) is 0 Å². The van der Waals surface area contributed by atoms with E-state index in [9.17, 15) is 0 Å². The summed E-state index contributed by atoms with van der Waals surface area (Å²) in [4.78, 5) is 4.17. The average Bonchev–Trinajstić information content (AvgIpc) is 2.33. The molecule has 0 aliphatic carbocycles. The van der Waals surface area contributed by atoms with E-state index in [1.165, 1.54) is 0 Å². The van der Waals surface area contributed by atoms with Crippen LogP contribution in [0.1, 0.15) is 0 Å². The molecule has 94 valence electrons. The summed E-state index contributed by atoms with van der Waals surface area (Å²) >= 11 is 6.71. The first-order valence-corrected chi connectivity index (χ1v) is 6.61. The van der Waals surface area contributed by atoms with E-state index in [4.69, 9.17) is 15.2 Å². The molecule has 0 fully saturated rings. The van der Waals surface area contributed by atoms with Gasteiger partial charge in [-0.15, -0.1) is 0 Å². The predicted molar refractivity (Wildman–Crippen MR) is 77.1 cm³/mol. The molecule has 0 aliphatic heterocycles. The summed E-state index contributed by atoms with van der Waals surface area (Å²) in [5.74, 6) is 1.57. The molecule has 0 saturated heterocycles. The lowest BCUT2D eigenvalue weighted by molar-refractivity contribution is 0.373. The molecule has 0 saturated carbocycles.